The highest BCUT2D eigenvalue weighted by molar-refractivity contribution is 7.91. The number of sulfonamides is 1. The molecule has 0 radical (unpaired) electrons. The summed E-state index contributed by atoms with van der Waals surface area (Å²) < 4.78 is 51.1. The van der Waals surface area contributed by atoms with Crippen LogP contribution in [0.3, 0.4) is 0 Å². The second kappa shape index (κ2) is 8.74. The van der Waals surface area contributed by atoms with E-state index in [9.17, 15) is 26.8 Å². The van der Waals surface area contributed by atoms with E-state index in [0.717, 1.165) is 18.2 Å². The second-order valence-corrected chi connectivity index (χ2v) is 10.4. The Morgan fingerprint density at radius 1 is 1.12 bits per heavy atom. The molecule has 13 heteroatoms. The minimum Gasteiger partial charge on any atom is -0.369 e. The molecule has 1 atom stereocenters. The summed E-state index contributed by atoms with van der Waals surface area (Å²) in [4.78, 5) is 31.9. The molecule has 0 spiro atoms. The van der Waals surface area contributed by atoms with Crippen LogP contribution in [-0.2, 0) is 14.8 Å². The number of benzene rings is 2. The normalized spacial score (nSPS) is 16.7. The van der Waals surface area contributed by atoms with E-state index in [2.05, 4.69) is 4.98 Å². The van der Waals surface area contributed by atoms with Gasteiger partial charge in [-0.1, -0.05) is 23.5 Å². The molecule has 1 fully saturated rings. The summed E-state index contributed by atoms with van der Waals surface area (Å²) >= 11 is 0.715. The van der Waals surface area contributed by atoms with Gasteiger partial charge in [0.2, 0.25) is 15.9 Å². The summed E-state index contributed by atoms with van der Waals surface area (Å²) in [5.41, 5.74) is 6.47. The van der Waals surface area contributed by atoms with Crippen molar-refractivity contribution in [2.45, 2.75) is 11.1 Å². The van der Waals surface area contributed by atoms with Crippen molar-refractivity contribution in [1.29, 1.82) is 0 Å². The van der Waals surface area contributed by atoms with E-state index in [-0.39, 0.29) is 33.7 Å². The molecule has 34 heavy (non-hydrogen) atoms. The van der Waals surface area contributed by atoms with Gasteiger partial charge in [-0.3, -0.25) is 14.6 Å². The molecule has 4 rings (SSSR count). The first-order valence-electron chi connectivity index (χ1n) is 9.89. The molecule has 1 aliphatic heterocycles. The maximum atomic E-state index is 14.1. The number of hydrogen-bond acceptors (Lipinski definition) is 6. The van der Waals surface area contributed by atoms with Crippen molar-refractivity contribution in [3.63, 3.8) is 0 Å². The fourth-order valence-corrected chi connectivity index (χ4v) is 5.59. The van der Waals surface area contributed by atoms with Crippen LogP contribution in [0.25, 0.3) is 11.1 Å². The van der Waals surface area contributed by atoms with Crippen LogP contribution < -0.4 is 20.7 Å². The predicted octanol–water partition coefficient (Wildman–Crippen LogP) is 2.59. The van der Waals surface area contributed by atoms with Crippen molar-refractivity contribution < 1.29 is 26.8 Å². The van der Waals surface area contributed by atoms with Gasteiger partial charge in [-0.15, -0.1) is 0 Å². The van der Waals surface area contributed by atoms with Crippen molar-refractivity contribution in [1.82, 2.24) is 4.98 Å². The molecule has 1 saturated heterocycles. The van der Waals surface area contributed by atoms with Crippen LogP contribution in [0.2, 0.25) is 0 Å². The van der Waals surface area contributed by atoms with Gasteiger partial charge in [0.05, 0.1) is 11.6 Å². The molecule has 9 nitrogen and oxygen atoms in total. The van der Waals surface area contributed by atoms with Crippen molar-refractivity contribution >= 4 is 44.1 Å². The Morgan fingerprint density at radius 3 is 2.35 bits per heavy atom. The lowest BCUT2D eigenvalue weighted by Crippen LogP contribution is -2.56. The molecule has 1 aliphatic rings. The highest BCUT2D eigenvalue weighted by Crippen LogP contribution is 2.34. The van der Waals surface area contributed by atoms with Crippen molar-refractivity contribution in [3.8, 4) is 11.1 Å². The first-order chi connectivity index (χ1) is 16.0. The Kier molecular flexibility index (Phi) is 6.10. The smallest absolute Gasteiger partial charge is 0.330 e. The van der Waals surface area contributed by atoms with E-state index in [4.69, 9.17) is 10.9 Å². The van der Waals surface area contributed by atoms with Gasteiger partial charge in [0.1, 0.15) is 11.6 Å². The first kappa shape index (κ1) is 23.7. The zero-order chi connectivity index (χ0) is 24.8. The van der Waals surface area contributed by atoms with Crippen LogP contribution in [0.4, 0.5) is 24.4 Å². The largest absolute Gasteiger partial charge is 0.369 e. The number of thiazole rings is 1. The number of aryl methyl sites for hydroxylation is 1. The van der Waals surface area contributed by atoms with Gasteiger partial charge >= 0.3 is 6.03 Å². The summed E-state index contributed by atoms with van der Waals surface area (Å²) in [6, 6.07) is 8.64. The lowest BCUT2D eigenvalue weighted by Gasteiger charge is -2.37. The van der Waals surface area contributed by atoms with Gasteiger partial charge in [-0.2, -0.15) is 0 Å². The molecule has 4 N–H and O–H groups in total. The molecule has 3 aromatic rings. The van der Waals surface area contributed by atoms with E-state index in [1.807, 2.05) is 0 Å². The number of carbonyl (C=O) groups excluding carboxylic acids is 2. The fraction of sp³-hybridized carbons (Fsp3) is 0.190. The minimum atomic E-state index is -4.05. The summed E-state index contributed by atoms with van der Waals surface area (Å²) in [6.07, 6.45) is 0. The zero-order valence-corrected chi connectivity index (χ0v) is 19.4. The van der Waals surface area contributed by atoms with Crippen LogP contribution in [0.1, 0.15) is 5.69 Å². The standard InChI is InChI=1S/C21H19F2N5O4S2/c1-11-19(34(25,31)32)33-20(26-11)28-10-13(18(24)29)9-27(21(28)30)15-5-2-12(3-6-15)16-8-14(22)4-7-17(16)23/h2-8,13H,9-10H2,1H3,(H2,24,29)(H2,25,31,32). The Labute approximate surface area is 197 Å². The van der Waals surface area contributed by atoms with Gasteiger partial charge in [0.25, 0.3) is 0 Å². The molecule has 2 heterocycles. The Morgan fingerprint density at radius 2 is 1.76 bits per heavy atom. The fourth-order valence-electron chi connectivity index (χ4n) is 3.64. The monoisotopic (exact) mass is 507 g/mol. The summed E-state index contributed by atoms with van der Waals surface area (Å²) in [6.45, 7) is 1.33. The molecule has 1 unspecified atom stereocenters. The summed E-state index contributed by atoms with van der Waals surface area (Å²) in [5.74, 6) is -2.63. The number of halogens is 2. The lowest BCUT2D eigenvalue weighted by atomic mass is 10.0. The highest BCUT2D eigenvalue weighted by Gasteiger charge is 2.38. The molecular weight excluding hydrogens is 488 g/mol. The number of nitrogens with zero attached hydrogens (tertiary/aromatic N) is 3. The molecule has 1 aromatic heterocycles. The Bertz CT molecular complexity index is 1390. The third-order valence-electron chi connectivity index (χ3n) is 5.32. The molecule has 178 valence electrons. The van der Waals surface area contributed by atoms with Gasteiger partial charge < -0.3 is 5.73 Å². The first-order valence-corrected chi connectivity index (χ1v) is 12.3. The second-order valence-electron chi connectivity index (χ2n) is 7.69. The van der Waals surface area contributed by atoms with E-state index < -0.39 is 39.5 Å². The number of carbonyl (C=O) groups is 2. The van der Waals surface area contributed by atoms with Crippen LogP contribution in [0.15, 0.2) is 46.7 Å². The zero-order valence-electron chi connectivity index (χ0n) is 17.7. The number of primary sulfonamides is 1. The molecular formula is C21H19F2N5O4S2. The predicted molar refractivity (Wildman–Crippen MR) is 123 cm³/mol. The quantitative estimate of drug-likeness (QED) is 0.546. The summed E-state index contributed by atoms with van der Waals surface area (Å²) in [5, 5.41) is 5.27. The number of urea groups is 1. The van der Waals surface area contributed by atoms with Gasteiger partial charge in [-0.05, 0) is 42.8 Å². The maximum Gasteiger partial charge on any atom is 0.330 e. The summed E-state index contributed by atoms with van der Waals surface area (Å²) in [7, 11) is -4.05. The van der Waals surface area contributed by atoms with Crippen LogP contribution >= 0.6 is 11.3 Å². The average molecular weight is 508 g/mol. The van der Waals surface area contributed by atoms with Crippen LogP contribution in [-0.4, -0.2) is 38.4 Å². The highest BCUT2D eigenvalue weighted by atomic mass is 32.2. The minimum absolute atomic E-state index is 0.0231. The van der Waals surface area contributed by atoms with Gasteiger partial charge in [0, 0.05) is 24.3 Å². The molecule has 3 amide bonds. The number of primary amides is 1. The number of nitrogens with two attached hydrogens (primary N) is 2. The number of hydrogen-bond donors (Lipinski definition) is 2. The molecule has 2 aromatic carbocycles. The maximum absolute atomic E-state index is 14.1. The third kappa shape index (κ3) is 4.49. The van der Waals surface area contributed by atoms with Crippen molar-refractivity contribution in [3.05, 3.63) is 59.8 Å². The van der Waals surface area contributed by atoms with E-state index in [1.165, 1.54) is 41.0 Å². The van der Waals surface area contributed by atoms with Crippen molar-refractivity contribution in [2.75, 3.05) is 22.9 Å². The van der Waals surface area contributed by atoms with Gasteiger partial charge in [0.15, 0.2) is 9.34 Å². The molecule has 0 aliphatic carbocycles. The number of aromatic nitrogens is 1. The third-order valence-corrected chi connectivity index (χ3v) is 8.05. The molecule has 0 saturated carbocycles. The average Bonchev–Trinajstić information content (AvgIpc) is 3.17. The van der Waals surface area contributed by atoms with E-state index >= 15 is 0 Å². The number of anilines is 2. The van der Waals surface area contributed by atoms with Gasteiger partial charge in [-0.25, -0.2) is 32.1 Å². The topological polar surface area (TPSA) is 140 Å². The van der Waals surface area contributed by atoms with Crippen molar-refractivity contribution in [2.24, 2.45) is 16.8 Å². The van der Waals surface area contributed by atoms with Crippen LogP contribution in [0.5, 0.6) is 0 Å². The number of rotatable bonds is 5. The van der Waals surface area contributed by atoms with E-state index in [0.29, 0.717) is 22.6 Å². The Balaban J connectivity index is 1.69. The lowest BCUT2D eigenvalue weighted by molar-refractivity contribution is -0.121. The molecule has 0 bridgehead atoms. The number of amides is 3. The Hall–Kier alpha value is -3.42. The SMILES string of the molecule is Cc1nc(N2CC(C(N)=O)CN(c3ccc(-c4cc(F)ccc4F)cc3)C2=O)sc1S(N)(=O)=O. The van der Waals surface area contributed by atoms with E-state index in [1.54, 1.807) is 0 Å². The van der Waals surface area contributed by atoms with Crippen LogP contribution in [0, 0.1) is 24.5 Å².